The van der Waals surface area contributed by atoms with Gasteiger partial charge in [0, 0.05) is 25.3 Å². The molecule has 1 unspecified atom stereocenters. The van der Waals surface area contributed by atoms with Crippen LogP contribution in [-0.2, 0) is 22.1 Å². The molecule has 0 bridgehead atoms. The molecule has 0 aliphatic rings. The lowest BCUT2D eigenvalue weighted by Crippen LogP contribution is -2.41. The Kier molecular flexibility index (Phi) is 11.7. The fourth-order valence-corrected chi connectivity index (χ4v) is 3.74. The van der Waals surface area contributed by atoms with Crippen LogP contribution < -0.4 is 10.1 Å². The summed E-state index contributed by atoms with van der Waals surface area (Å²) in [7, 11) is 0. The number of amides is 2. The number of rotatable bonds is 14. The van der Waals surface area contributed by atoms with Gasteiger partial charge in [-0.2, -0.15) is 13.2 Å². The molecule has 0 aliphatic heterocycles. The normalized spacial score (nSPS) is 12.3. The third kappa shape index (κ3) is 9.95. The summed E-state index contributed by atoms with van der Waals surface area (Å²) in [5, 5.41) is 11.8. The Morgan fingerprint density at radius 1 is 1.05 bits per heavy atom. The maximum absolute atomic E-state index is 13.0. The second-order valence-corrected chi connectivity index (χ2v) is 8.62. The van der Waals surface area contributed by atoms with Gasteiger partial charge in [-0.25, -0.2) is 9.59 Å². The zero-order valence-electron chi connectivity index (χ0n) is 21.4. The molecule has 7 nitrogen and oxygen atoms in total. The first kappa shape index (κ1) is 30.0. The predicted octanol–water partition coefficient (Wildman–Crippen LogP) is 6.09. The molecular formula is C27H35F3N2O5. The number of ether oxygens (including phenoxy) is 2. The molecule has 2 aromatic carbocycles. The molecule has 10 heteroatoms. The number of carboxylic acid groups (broad SMARTS) is 1. The second kappa shape index (κ2) is 14.5. The van der Waals surface area contributed by atoms with Crippen LogP contribution in [0.1, 0.15) is 44.7 Å². The summed E-state index contributed by atoms with van der Waals surface area (Å²) in [5.74, 6) is -0.241. The van der Waals surface area contributed by atoms with Crippen LogP contribution in [0.3, 0.4) is 0 Å². The van der Waals surface area contributed by atoms with Crippen molar-refractivity contribution in [2.45, 2.75) is 52.3 Å². The van der Waals surface area contributed by atoms with Gasteiger partial charge in [-0.05, 0) is 48.7 Å². The fourth-order valence-electron chi connectivity index (χ4n) is 3.74. The van der Waals surface area contributed by atoms with Crippen LogP contribution in [0.5, 0.6) is 5.75 Å². The average molecular weight is 525 g/mol. The van der Waals surface area contributed by atoms with Gasteiger partial charge in [0.15, 0.2) is 6.10 Å². The number of nitrogens with one attached hydrogen (secondary N) is 1. The number of carboxylic acids is 1. The van der Waals surface area contributed by atoms with Gasteiger partial charge in [-0.1, -0.05) is 44.9 Å². The molecule has 2 aromatic rings. The van der Waals surface area contributed by atoms with E-state index in [9.17, 15) is 27.9 Å². The van der Waals surface area contributed by atoms with Gasteiger partial charge in [0.1, 0.15) is 12.4 Å². The minimum atomic E-state index is -4.50. The summed E-state index contributed by atoms with van der Waals surface area (Å²) in [6.07, 6.45) is -3.50. The predicted molar refractivity (Wildman–Crippen MR) is 135 cm³/mol. The number of carbonyl (C=O) groups is 2. The van der Waals surface area contributed by atoms with Crippen LogP contribution in [0, 0.1) is 5.92 Å². The third-order valence-corrected chi connectivity index (χ3v) is 5.98. The number of carbonyl (C=O) groups excluding carboxylic acids is 1. The molecule has 0 aromatic heterocycles. The van der Waals surface area contributed by atoms with Gasteiger partial charge in [0.25, 0.3) is 0 Å². The number of alkyl halides is 3. The number of aliphatic carboxylic acids is 1. The largest absolute Gasteiger partial charge is 0.492 e. The number of hydrogen-bond donors (Lipinski definition) is 2. The van der Waals surface area contributed by atoms with E-state index in [4.69, 9.17) is 9.47 Å². The standard InChI is InChI=1S/C27H35F3N2O5/c1-4-19(5-2)18-32(26(35)31-22-9-7-8-21(17-22)27(28,29)30)14-15-37-23-12-10-20(11-13-23)16-24(25(33)34)36-6-3/h7-13,17,19,24H,4-6,14-16,18H2,1-3H3,(H,31,35)(H,33,34). The molecule has 0 saturated heterocycles. The van der Waals surface area contributed by atoms with Crippen LogP contribution in [0.25, 0.3) is 0 Å². The Morgan fingerprint density at radius 2 is 1.73 bits per heavy atom. The van der Waals surface area contributed by atoms with E-state index in [0.29, 0.717) is 18.9 Å². The van der Waals surface area contributed by atoms with Crippen LogP contribution in [0.2, 0.25) is 0 Å². The van der Waals surface area contributed by atoms with Gasteiger partial charge in [0.05, 0.1) is 12.1 Å². The zero-order chi connectivity index (χ0) is 27.4. The maximum Gasteiger partial charge on any atom is 0.416 e. The van der Waals surface area contributed by atoms with Crippen molar-refractivity contribution in [3.8, 4) is 5.75 Å². The Balaban J connectivity index is 2.01. The van der Waals surface area contributed by atoms with Crippen molar-refractivity contribution in [3.05, 3.63) is 59.7 Å². The summed E-state index contributed by atoms with van der Waals surface area (Å²) >= 11 is 0. The first-order valence-electron chi connectivity index (χ1n) is 12.4. The highest BCUT2D eigenvalue weighted by Crippen LogP contribution is 2.30. The van der Waals surface area contributed by atoms with E-state index in [0.717, 1.165) is 30.5 Å². The second-order valence-electron chi connectivity index (χ2n) is 8.62. The molecule has 0 heterocycles. The number of anilines is 1. The molecule has 2 N–H and O–H groups in total. The van der Waals surface area contributed by atoms with Gasteiger partial charge in [-0.15, -0.1) is 0 Å². The number of urea groups is 1. The van der Waals surface area contributed by atoms with E-state index in [1.165, 1.54) is 12.1 Å². The molecule has 0 radical (unpaired) electrons. The molecule has 2 amide bonds. The molecular weight excluding hydrogens is 489 g/mol. The highest BCUT2D eigenvalue weighted by atomic mass is 19.4. The van der Waals surface area contributed by atoms with E-state index < -0.39 is 29.8 Å². The number of hydrogen-bond acceptors (Lipinski definition) is 4. The Labute approximate surface area is 215 Å². The van der Waals surface area contributed by atoms with Crippen molar-refractivity contribution >= 4 is 17.7 Å². The van der Waals surface area contributed by atoms with E-state index in [1.807, 2.05) is 13.8 Å². The highest BCUT2D eigenvalue weighted by Gasteiger charge is 2.30. The minimum Gasteiger partial charge on any atom is -0.492 e. The molecule has 2 rings (SSSR count). The Bertz CT molecular complexity index is 994. The van der Waals surface area contributed by atoms with E-state index in [1.54, 1.807) is 36.1 Å². The maximum atomic E-state index is 13.0. The van der Waals surface area contributed by atoms with Crippen molar-refractivity contribution in [1.29, 1.82) is 0 Å². The van der Waals surface area contributed by atoms with Crippen molar-refractivity contribution in [2.24, 2.45) is 5.92 Å². The first-order valence-corrected chi connectivity index (χ1v) is 12.4. The monoisotopic (exact) mass is 524 g/mol. The van der Waals surface area contributed by atoms with Crippen LogP contribution >= 0.6 is 0 Å². The fraction of sp³-hybridized carbons (Fsp3) is 0.481. The summed E-state index contributed by atoms with van der Waals surface area (Å²) in [6, 6.07) is 11.0. The lowest BCUT2D eigenvalue weighted by atomic mass is 10.0. The van der Waals surface area contributed by atoms with Crippen LogP contribution in [-0.4, -0.2) is 54.4 Å². The van der Waals surface area contributed by atoms with Crippen molar-refractivity contribution < 1.29 is 37.3 Å². The van der Waals surface area contributed by atoms with Crippen LogP contribution in [0.4, 0.5) is 23.7 Å². The molecule has 204 valence electrons. The summed E-state index contributed by atoms with van der Waals surface area (Å²) in [6.45, 7) is 6.92. The SMILES string of the molecule is CCOC(Cc1ccc(OCCN(CC(CC)CC)C(=O)Nc2cccc(C(F)(F)F)c2)cc1)C(=O)O. The Hall–Kier alpha value is -3.27. The van der Waals surface area contributed by atoms with E-state index >= 15 is 0 Å². The topological polar surface area (TPSA) is 88.1 Å². The van der Waals surface area contributed by atoms with Gasteiger partial charge >= 0.3 is 18.2 Å². The smallest absolute Gasteiger partial charge is 0.416 e. The van der Waals surface area contributed by atoms with Crippen LogP contribution in [0.15, 0.2) is 48.5 Å². The number of benzene rings is 2. The van der Waals surface area contributed by atoms with Gasteiger partial charge in [-0.3, -0.25) is 0 Å². The quantitative estimate of drug-likeness (QED) is 0.312. The zero-order valence-corrected chi connectivity index (χ0v) is 21.4. The molecule has 0 aliphatic carbocycles. The molecule has 0 fully saturated rings. The first-order chi connectivity index (χ1) is 17.6. The number of halogens is 3. The lowest BCUT2D eigenvalue weighted by molar-refractivity contribution is -0.150. The summed E-state index contributed by atoms with van der Waals surface area (Å²) < 4.78 is 50.1. The molecule has 37 heavy (non-hydrogen) atoms. The number of nitrogens with zero attached hydrogens (tertiary/aromatic N) is 1. The molecule has 0 spiro atoms. The third-order valence-electron chi connectivity index (χ3n) is 5.98. The summed E-state index contributed by atoms with van der Waals surface area (Å²) in [5.41, 5.74) is 0.0150. The van der Waals surface area contributed by atoms with Gasteiger partial charge < -0.3 is 24.8 Å². The molecule has 1 atom stereocenters. The van der Waals surface area contributed by atoms with Crippen molar-refractivity contribution in [2.75, 3.05) is 31.6 Å². The average Bonchev–Trinajstić information content (AvgIpc) is 2.86. The highest BCUT2D eigenvalue weighted by molar-refractivity contribution is 5.89. The van der Waals surface area contributed by atoms with E-state index in [2.05, 4.69) is 5.32 Å². The molecule has 0 saturated carbocycles. The van der Waals surface area contributed by atoms with Gasteiger partial charge in [0.2, 0.25) is 0 Å². The summed E-state index contributed by atoms with van der Waals surface area (Å²) in [4.78, 5) is 25.8. The minimum absolute atomic E-state index is 0.0672. The van der Waals surface area contributed by atoms with Crippen molar-refractivity contribution in [3.63, 3.8) is 0 Å². The van der Waals surface area contributed by atoms with E-state index in [-0.39, 0.29) is 31.2 Å². The lowest BCUT2D eigenvalue weighted by Gasteiger charge is -2.27. The van der Waals surface area contributed by atoms with Crippen molar-refractivity contribution in [1.82, 2.24) is 4.90 Å². The Morgan fingerprint density at radius 3 is 2.30 bits per heavy atom.